The van der Waals surface area contributed by atoms with E-state index in [1.807, 2.05) is 37.3 Å². The van der Waals surface area contributed by atoms with E-state index in [4.69, 9.17) is 16.3 Å². The number of benzene rings is 2. The van der Waals surface area contributed by atoms with E-state index in [0.29, 0.717) is 16.0 Å². The highest BCUT2D eigenvalue weighted by Gasteiger charge is 2.47. The Balaban J connectivity index is 1.50. The molecule has 0 saturated heterocycles. The van der Waals surface area contributed by atoms with Crippen LogP contribution < -0.4 is 4.74 Å². The molecule has 0 aliphatic heterocycles. The summed E-state index contributed by atoms with van der Waals surface area (Å²) in [5, 5.41) is 1.17. The normalized spacial score (nSPS) is 23.7. The standard InChI is InChI=1S/C23H20ClNO3S/c1-2-12-5-7-16(28-23-25-18-8-6-15(24)10-19(18)29-23)11-17(12)20-21(26)13-3-4-14(9-13)22(20)27/h5-8,10-11,13-14,20H,2-4,9H2,1H3. The predicted molar refractivity (Wildman–Crippen MR) is 114 cm³/mol. The van der Waals surface area contributed by atoms with Crippen molar-refractivity contribution in [1.29, 1.82) is 0 Å². The molecule has 5 rings (SSSR count). The van der Waals surface area contributed by atoms with E-state index in [1.54, 1.807) is 6.07 Å². The summed E-state index contributed by atoms with van der Waals surface area (Å²) in [6.07, 6.45) is 3.19. The van der Waals surface area contributed by atoms with Gasteiger partial charge in [0.15, 0.2) is 11.6 Å². The van der Waals surface area contributed by atoms with Crippen molar-refractivity contribution in [2.75, 3.05) is 0 Å². The summed E-state index contributed by atoms with van der Waals surface area (Å²) < 4.78 is 6.97. The van der Waals surface area contributed by atoms with Crippen LogP contribution in [0.1, 0.15) is 43.2 Å². The molecule has 148 valence electrons. The number of carbonyl (C=O) groups is 2. The average molecular weight is 426 g/mol. The third kappa shape index (κ3) is 3.26. The van der Waals surface area contributed by atoms with Crippen LogP contribution in [-0.2, 0) is 16.0 Å². The topological polar surface area (TPSA) is 56.3 Å². The first-order chi connectivity index (χ1) is 14.0. The molecule has 2 unspecified atom stereocenters. The smallest absolute Gasteiger partial charge is 0.279 e. The molecule has 2 aromatic carbocycles. The zero-order valence-corrected chi connectivity index (χ0v) is 17.6. The van der Waals surface area contributed by atoms with Gasteiger partial charge in [-0.15, -0.1) is 0 Å². The fraction of sp³-hybridized carbons (Fsp3) is 0.348. The van der Waals surface area contributed by atoms with Gasteiger partial charge in [0, 0.05) is 16.9 Å². The Morgan fingerprint density at radius 1 is 1.10 bits per heavy atom. The van der Waals surface area contributed by atoms with Crippen molar-refractivity contribution in [2.45, 2.75) is 38.5 Å². The van der Waals surface area contributed by atoms with Crippen LogP contribution in [0.5, 0.6) is 10.9 Å². The van der Waals surface area contributed by atoms with E-state index in [0.717, 1.165) is 47.0 Å². The number of hydrogen-bond acceptors (Lipinski definition) is 5. The number of Topliss-reactive ketones (excluding diaryl/α,β-unsaturated/α-hetero) is 2. The molecule has 2 fully saturated rings. The second-order valence-electron chi connectivity index (χ2n) is 7.85. The Labute approximate surface area is 177 Å². The molecule has 0 spiro atoms. The average Bonchev–Trinajstić information content (AvgIpc) is 3.32. The van der Waals surface area contributed by atoms with Crippen LogP contribution in [0.4, 0.5) is 0 Å². The first-order valence-electron chi connectivity index (χ1n) is 9.97. The van der Waals surface area contributed by atoms with Crippen LogP contribution in [0.3, 0.4) is 0 Å². The molecule has 0 radical (unpaired) electrons. The lowest BCUT2D eigenvalue weighted by atomic mass is 9.74. The molecule has 2 saturated carbocycles. The summed E-state index contributed by atoms with van der Waals surface area (Å²) in [7, 11) is 0. The van der Waals surface area contributed by atoms with E-state index >= 15 is 0 Å². The Morgan fingerprint density at radius 2 is 1.86 bits per heavy atom. The van der Waals surface area contributed by atoms with Crippen molar-refractivity contribution in [2.24, 2.45) is 11.8 Å². The summed E-state index contributed by atoms with van der Waals surface area (Å²) in [4.78, 5) is 30.5. The van der Waals surface area contributed by atoms with Gasteiger partial charge in [0.05, 0.1) is 10.2 Å². The van der Waals surface area contributed by atoms with Crippen LogP contribution >= 0.6 is 22.9 Å². The zero-order valence-electron chi connectivity index (χ0n) is 16.0. The Hall–Kier alpha value is -2.24. The van der Waals surface area contributed by atoms with Gasteiger partial charge in [0.2, 0.25) is 0 Å². The quantitative estimate of drug-likeness (QED) is 0.484. The number of rotatable bonds is 4. The molecule has 2 aliphatic carbocycles. The minimum absolute atomic E-state index is 0.0333. The van der Waals surface area contributed by atoms with Gasteiger partial charge in [0.1, 0.15) is 11.7 Å². The van der Waals surface area contributed by atoms with Crippen LogP contribution in [0, 0.1) is 11.8 Å². The highest BCUT2D eigenvalue weighted by molar-refractivity contribution is 7.20. The maximum Gasteiger partial charge on any atom is 0.279 e. The number of ketones is 2. The fourth-order valence-electron chi connectivity index (χ4n) is 4.67. The molecular formula is C23H20ClNO3S. The number of thiazole rings is 1. The summed E-state index contributed by atoms with van der Waals surface area (Å²) in [5.74, 6) is 0.197. The fourth-order valence-corrected chi connectivity index (χ4v) is 5.78. The van der Waals surface area contributed by atoms with E-state index in [9.17, 15) is 9.59 Å². The van der Waals surface area contributed by atoms with Gasteiger partial charge in [-0.25, -0.2) is 4.98 Å². The van der Waals surface area contributed by atoms with Gasteiger partial charge in [-0.2, -0.15) is 0 Å². The SMILES string of the molecule is CCc1ccc(Oc2nc3ccc(Cl)cc3s2)cc1C1C(=O)C2CCC(C2)C1=O. The molecule has 2 aliphatic rings. The van der Waals surface area contributed by atoms with Crippen LogP contribution in [0.25, 0.3) is 10.2 Å². The summed E-state index contributed by atoms with van der Waals surface area (Å²) >= 11 is 7.48. The minimum atomic E-state index is -0.645. The van der Waals surface area contributed by atoms with E-state index < -0.39 is 5.92 Å². The Morgan fingerprint density at radius 3 is 2.59 bits per heavy atom. The van der Waals surface area contributed by atoms with E-state index in [1.165, 1.54) is 11.3 Å². The number of ether oxygens (including phenoxy) is 1. The van der Waals surface area contributed by atoms with Gasteiger partial charge in [-0.05, 0) is 67.1 Å². The van der Waals surface area contributed by atoms with E-state index in [2.05, 4.69) is 4.98 Å². The molecule has 3 aromatic rings. The van der Waals surface area contributed by atoms with E-state index in [-0.39, 0.29) is 23.4 Å². The van der Waals surface area contributed by atoms with Crippen molar-refractivity contribution >= 4 is 44.7 Å². The maximum absolute atomic E-state index is 13.0. The van der Waals surface area contributed by atoms with Crippen molar-refractivity contribution in [3.63, 3.8) is 0 Å². The second kappa shape index (κ2) is 7.22. The number of fused-ring (bicyclic) bond motifs is 3. The highest BCUT2D eigenvalue weighted by Crippen LogP contribution is 2.45. The second-order valence-corrected chi connectivity index (χ2v) is 9.28. The monoisotopic (exact) mass is 425 g/mol. The third-order valence-corrected chi connectivity index (χ3v) is 7.28. The van der Waals surface area contributed by atoms with Gasteiger partial charge < -0.3 is 4.74 Å². The Bertz CT molecular complexity index is 1120. The molecular weight excluding hydrogens is 406 g/mol. The third-order valence-electron chi connectivity index (χ3n) is 6.15. The maximum atomic E-state index is 13.0. The molecule has 0 amide bonds. The molecule has 0 N–H and O–H groups in total. The minimum Gasteiger partial charge on any atom is -0.431 e. The van der Waals surface area contributed by atoms with Gasteiger partial charge in [-0.1, -0.05) is 35.9 Å². The van der Waals surface area contributed by atoms with Crippen molar-refractivity contribution in [3.8, 4) is 10.9 Å². The van der Waals surface area contributed by atoms with Crippen LogP contribution in [0.15, 0.2) is 36.4 Å². The lowest BCUT2D eigenvalue weighted by molar-refractivity contribution is -0.135. The summed E-state index contributed by atoms with van der Waals surface area (Å²) in [5.41, 5.74) is 2.66. The Kier molecular flexibility index (Phi) is 4.67. The first-order valence-corrected chi connectivity index (χ1v) is 11.2. The summed E-state index contributed by atoms with van der Waals surface area (Å²) in [6, 6.07) is 11.2. The number of aryl methyl sites for hydroxylation is 1. The van der Waals surface area contributed by atoms with Gasteiger partial charge >= 0.3 is 0 Å². The number of halogens is 1. The molecule has 6 heteroatoms. The zero-order chi connectivity index (χ0) is 20.1. The van der Waals surface area contributed by atoms with Gasteiger partial charge in [-0.3, -0.25) is 9.59 Å². The number of carbonyl (C=O) groups excluding carboxylic acids is 2. The number of aromatic nitrogens is 1. The molecule has 4 nitrogen and oxygen atoms in total. The van der Waals surface area contributed by atoms with Crippen LogP contribution in [0.2, 0.25) is 5.02 Å². The predicted octanol–water partition coefficient (Wildman–Crippen LogP) is 5.96. The highest BCUT2D eigenvalue weighted by atomic mass is 35.5. The number of hydrogen-bond donors (Lipinski definition) is 0. The van der Waals surface area contributed by atoms with Crippen molar-refractivity contribution in [3.05, 3.63) is 52.5 Å². The molecule has 1 heterocycles. The largest absolute Gasteiger partial charge is 0.431 e. The lowest BCUT2D eigenvalue weighted by Crippen LogP contribution is -2.35. The van der Waals surface area contributed by atoms with Gasteiger partial charge in [0.25, 0.3) is 5.19 Å². The molecule has 2 bridgehead atoms. The molecule has 29 heavy (non-hydrogen) atoms. The number of nitrogens with zero attached hydrogens (tertiary/aromatic N) is 1. The first kappa shape index (κ1) is 18.8. The van der Waals surface area contributed by atoms with Crippen LogP contribution in [-0.4, -0.2) is 16.6 Å². The lowest BCUT2D eigenvalue weighted by Gasteiger charge is -2.27. The molecule has 1 aromatic heterocycles. The van der Waals surface area contributed by atoms with Crippen molar-refractivity contribution < 1.29 is 14.3 Å². The van der Waals surface area contributed by atoms with Crippen molar-refractivity contribution in [1.82, 2.24) is 4.98 Å². The molecule has 2 atom stereocenters. The summed E-state index contributed by atoms with van der Waals surface area (Å²) in [6.45, 7) is 2.04.